The zero-order valence-corrected chi connectivity index (χ0v) is 11.2. The molecule has 0 radical (unpaired) electrons. The van der Waals surface area contributed by atoms with E-state index in [4.69, 9.17) is 28.0 Å². The van der Waals surface area contributed by atoms with Crippen LogP contribution in [0.25, 0.3) is 0 Å². The molecule has 4 nitrogen and oxygen atoms in total. The van der Waals surface area contributed by atoms with Crippen LogP contribution in [0.4, 0.5) is 0 Å². The van der Waals surface area contributed by atoms with Crippen molar-refractivity contribution in [1.82, 2.24) is 4.47 Å². The van der Waals surface area contributed by atoms with Gasteiger partial charge in [-0.2, -0.15) is 0 Å². The van der Waals surface area contributed by atoms with Gasteiger partial charge in [-0.25, -0.2) is 8.42 Å². The summed E-state index contributed by atoms with van der Waals surface area (Å²) < 4.78 is 25.5. The van der Waals surface area contributed by atoms with Crippen molar-refractivity contribution < 1.29 is 13.3 Å². The van der Waals surface area contributed by atoms with Crippen LogP contribution in [0.15, 0.2) is 23.1 Å². The van der Waals surface area contributed by atoms with Gasteiger partial charge in [-0.15, -0.1) is 0 Å². The number of halogens is 2. The lowest BCUT2D eigenvalue weighted by atomic mass is 10.3. The van der Waals surface area contributed by atoms with Crippen LogP contribution in [0.1, 0.15) is 12.8 Å². The molecule has 17 heavy (non-hydrogen) atoms. The molecular formula is C10H11Cl2NO3S. The van der Waals surface area contributed by atoms with E-state index in [1.54, 1.807) is 6.07 Å². The third-order valence-corrected chi connectivity index (χ3v) is 5.05. The minimum absolute atomic E-state index is 0.0924. The van der Waals surface area contributed by atoms with E-state index in [0.717, 1.165) is 17.3 Å². The zero-order chi connectivity index (χ0) is 12.5. The van der Waals surface area contributed by atoms with Crippen LogP contribution in [0.5, 0.6) is 0 Å². The number of hydrogen-bond acceptors (Lipinski definition) is 3. The fourth-order valence-electron chi connectivity index (χ4n) is 1.59. The van der Waals surface area contributed by atoms with E-state index >= 15 is 0 Å². The van der Waals surface area contributed by atoms with Gasteiger partial charge < -0.3 is 0 Å². The predicted molar refractivity (Wildman–Crippen MR) is 65.5 cm³/mol. The summed E-state index contributed by atoms with van der Waals surface area (Å²) in [6.07, 6.45) is 1.61. The number of hydrogen-bond donors (Lipinski definition) is 0. The molecule has 1 saturated heterocycles. The molecule has 1 fully saturated rings. The van der Waals surface area contributed by atoms with Crippen molar-refractivity contribution in [3.05, 3.63) is 28.2 Å². The molecule has 0 bridgehead atoms. The Bertz CT molecular complexity index is 492. The summed E-state index contributed by atoms with van der Waals surface area (Å²) in [7, 11) is -3.78. The Labute approximate surface area is 110 Å². The zero-order valence-electron chi connectivity index (χ0n) is 8.90. The average Bonchev–Trinajstić information content (AvgIpc) is 2.29. The molecule has 0 N–H and O–H groups in total. The number of sulfonamides is 1. The number of hydroxylamine groups is 1. The van der Waals surface area contributed by atoms with Crippen LogP contribution < -0.4 is 0 Å². The first kappa shape index (κ1) is 13.1. The van der Waals surface area contributed by atoms with Crippen molar-refractivity contribution in [2.24, 2.45) is 0 Å². The number of nitrogens with zero attached hydrogens (tertiary/aromatic N) is 1. The number of rotatable bonds is 2. The molecule has 1 aliphatic rings. The minimum atomic E-state index is -3.78. The van der Waals surface area contributed by atoms with E-state index in [0.29, 0.717) is 13.2 Å². The molecule has 0 amide bonds. The molecule has 1 aromatic rings. The highest BCUT2D eigenvalue weighted by atomic mass is 35.5. The Balaban J connectivity index is 2.44. The summed E-state index contributed by atoms with van der Waals surface area (Å²) >= 11 is 11.8. The first-order valence-electron chi connectivity index (χ1n) is 5.13. The third-order valence-electron chi connectivity index (χ3n) is 2.42. The molecule has 7 heteroatoms. The van der Waals surface area contributed by atoms with E-state index in [1.165, 1.54) is 12.1 Å². The van der Waals surface area contributed by atoms with Gasteiger partial charge in [-0.1, -0.05) is 33.7 Å². The van der Waals surface area contributed by atoms with Crippen molar-refractivity contribution in [3.8, 4) is 0 Å². The van der Waals surface area contributed by atoms with Gasteiger partial charge in [0.15, 0.2) is 0 Å². The summed E-state index contributed by atoms with van der Waals surface area (Å²) in [5, 5.41) is 0.207. The third kappa shape index (κ3) is 2.58. The maximum absolute atomic E-state index is 12.3. The Morgan fingerprint density at radius 2 is 1.82 bits per heavy atom. The SMILES string of the molecule is O=S(=O)(c1c(Cl)cccc1Cl)N1CCCCO1. The summed E-state index contributed by atoms with van der Waals surface area (Å²) in [5.74, 6) is 0. The van der Waals surface area contributed by atoms with Gasteiger partial charge in [0.25, 0.3) is 10.0 Å². The first-order valence-corrected chi connectivity index (χ1v) is 7.33. The van der Waals surface area contributed by atoms with Crippen molar-refractivity contribution in [2.45, 2.75) is 17.7 Å². The van der Waals surface area contributed by atoms with Crippen LogP contribution >= 0.6 is 23.2 Å². The Kier molecular flexibility index (Phi) is 3.95. The molecule has 1 aromatic carbocycles. The second-order valence-corrected chi connectivity index (χ2v) is 6.20. The van der Waals surface area contributed by atoms with E-state index in [9.17, 15) is 8.42 Å². The van der Waals surface area contributed by atoms with E-state index in [-0.39, 0.29) is 14.9 Å². The largest absolute Gasteiger partial charge is 0.284 e. The Morgan fingerprint density at radius 1 is 1.18 bits per heavy atom. The first-order chi connectivity index (χ1) is 8.03. The summed E-state index contributed by atoms with van der Waals surface area (Å²) in [6, 6.07) is 4.58. The minimum Gasteiger partial charge on any atom is -0.284 e. The normalized spacial score (nSPS) is 18.2. The molecule has 0 saturated carbocycles. The quantitative estimate of drug-likeness (QED) is 0.843. The van der Waals surface area contributed by atoms with Crippen molar-refractivity contribution in [1.29, 1.82) is 0 Å². The lowest BCUT2D eigenvalue weighted by Crippen LogP contribution is -2.36. The molecular weight excluding hydrogens is 285 g/mol. The second-order valence-electron chi connectivity index (χ2n) is 3.62. The molecule has 1 aliphatic heterocycles. The van der Waals surface area contributed by atoms with E-state index in [1.807, 2.05) is 0 Å². The van der Waals surface area contributed by atoms with Gasteiger partial charge >= 0.3 is 0 Å². The molecule has 0 atom stereocenters. The maximum atomic E-state index is 12.3. The fourth-order valence-corrected chi connectivity index (χ4v) is 3.99. The molecule has 94 valence electrons. The van der Waals surface area contributed by atoms with Crippen LogP contribution in [0.3, 0.4) is 0 Å². The highest BCUT2D eigenvalue weighted by molar-refractivity contribution is 7.89. The molecule has 0 aliphatic carbocycles. The van der Waals surface area contributed by atoms with Crippen molar-refractivity contribution in [3.63, 3.8) is 0 Å². The number of benzene rings is 1. The standard InChI is InChI=1S/C10H11Cl2NO3S/c11-8-4-3-5-9(12)10(8)17(14,15)13-6-1-2-7-16-13/h3-5H,1-2,6-7H2. The topological polar surface area (TPSA) is 46.6 Å². The maximum Gasteiger partial charge on any atom is 0.267 e. The predicted octanol–water partition coefficient (Wildman–Crippen LogP) is 2.71. The van der Waals surface area contributed by atoms with E-state index < -0.39 is 10.0 Å². The fraction of sp³-hybridized carbons (Fsp3) is 0.400. The second kappa shape index (κ2) is 5.12. The monoisotopic (exact) mass is 295 g/mol. The highest BCUT2D eigenvalue weighted by Gasteiger charge is 2.31. The lowest BCUT2D eigenvalue weighted by Gasteiger charge is -2.25. The van der Waals surface area contributed by atoms with E-state index in [2.05, 4.69) is 0 Å². The van der Waals surface area contributed by atoms with Gasteiger partial charge in [0.05, 0.1) is 16.7 Å². The van der Waals surface area contributed by atoms with Gasteiger partial charge in [-0.05, 0) is 25.0 Å². The molecule has 0 aromatic heterocycles. The van der Waals surface area contributed by atoms with Crippen LogP contribution in [-0.2, 0) is 14.9 Å². The van der Waals surface area contributed by atoms with Crippen LogP contribution in [0, 0.1) is 0 Å². The van der Waals surface area contributed by atoms with Gasteiger partial charge in [0, 0.05) is 6.54 Å². The van der Waals surface area contributed by atoms with Crippen LogP contribution in [-0.4, -0.2) is 26.0 Å². The molecule has 1 heterocycles. The highest BCUT2D eigenvalue weighted by Crippen LogP contribution is 2.32. The molecule has 0 spiro atoms. The Hall–Kier alpha value is -0.330. The average molecular weight is 296 g/mol. The lowest BCUT2D eigenvalue weighted by molar-refractivity contribution is -0.108. The van der Waals surface area contributed by atoms with Crippen LogP contribution in [0.2, 0.25) is 10.0 Å². The Morgan fingerprint density at radius 3 is 2.35 bits per heavy atom. The van der Waals surface area contributed by atoms with Gasteiger partial charge in [0.1, 0.15) is 4.90 Å². The molecule has 2 rings (SSSR count). The van der Waals surface area contributed by atoms with Gasteiger partial charge in [-0.3, -0.25) is 4.84 Å². The summed E-state index contributed by atoms with van der Waals surface area (Å²) in [6.45, 7) is 0.713. The van der Waals surface area contributed by atoms with Gasteiger partial charge in [0.2, 0.25) is 0 Å². The van der Waals surface area contributed by atoms with Crippen molar-refractivity contribution >= 4 is 33.2 Å². The van der Waals surface area contributed by atoms with Crippen molar-refractivity contribution in [2.75, 3.05) is 13.2 Å². The smallest absolute Gasteiger partial charge is 0.267 e. The summed E-state index contributed by atoms with van der Waals surface area (Å²) in [4.78, 5) is 5.04. The summed E-state index contributed by atoms with van der Waals surface area (Å²) in [5.41, 5.74) is 0. The molecule has 0 unspecified atom stereocenters.